The van der Waals surface area contributed by atoms with Crippen molar-refractivity contribution in [2.45, 2.75) is 79.4 Å². The lowest BCUT2D eigenvalue weighted by Gasteiger charge is -2.16. The molecule has 8 heteroatoms. The summed E-state index contributed by atoms with van der Waals surface area (Å²) in [6, 6.07) is 0. The summed E-state index contributed by atoms with van der Waals surface area (Å²) < 4.78 is 20.1. The van der Waals surface area contributed by atoms with Crippen molar-refractivity contribution in [2.24, 2.45) is 11.8 Å². The predicted octanol–water partition coefficient (Wildman–Crippen LogP) is 3.36. The highest BCUT2D eigenvalue weighted by Crippen LogP contribution is 2.10. The van der Waals surface area contributed by atoms with Gasteiger partial charge in [-0.05, 0) is 25.7 Å². The van der Waals surface area contributed by atoms with Gasteiger partial charge in [0.25, 0.3) is 0 Å². The molecule has 0 aromatic heterocycles. The average Bonchev–Trinajstić information content (AvgIpc) is 2.73. The maximum atomic E-state index is 11.9. The van der Waals surface area contributed by atoms with Gasteiger partial charge in [-0.25, -0.2) is 19.2 Å². The van der Waals surface area contributed by atoms with Crippen LogP contribution in [0.15, 0.2) is 12.2 Å². The maximum Gasteiger partial charge on any atom is 0.347 e. The van der Waals surface area contributed by atoms with Crippen LogP contribution >= 0.6 is 0 Å². The van der Waals surface area contributed by atoms with E-state index in [1.807, 2.05) is 27.7 Å². The van der Waals surface area contributed by atoms with Crippen molar-refractivity contribution >= 4 is 23.9 Å². The zero-order chi connectivity index (χ0) is 23.1. The van der Waals surface area contributed by atoms with Crippen LogP contribution in [0, 0.1) is 11.8 Å². The van der Waals surface area contributed by atoms with E-state index in [1.54, 1.807) is 0 Å². The summed E-state index contributed by atoms with van der Waals surface area (Å²) in [6.07, 6.45) is 2.97. The lowest BCUT2D eigenvalue weighted by Crippen LogP contribution is -2.28. The van der Waals surface area contributed by atoms with Gasteiger partial charge in [0.1, 0.15) is 0 Å². The van der Waals surface area contributed by atoms with Crippen LogP contribution in [0.25, 0.3) is 0 Å². The fraction of sp³-hybridized carbons (Fsp3) is 0.727. The zero-order valence-corrected chi connectivity index (χ0v) is 19.0. The molecular formula is C22H36O8. The minimum atomic E-state index is -1.11. The van der Waals surface area contributed by atoms with E-state index in [-0.39, 0.29) is 25.0 Å². The van der Waals surface area contributed by atoms with Gasteiger partial charge < -0.3 is 18.9 Å². The molecule has 0 fully saturated rings. The van der Waals surface area contributed by atoms with Crippen molar-refractivity contribution in [3.8, 4) is 0 Å². The van der Waals surface area contributed by atoms with Gasteiger partial charge in [-0.3, -0.25) is 0 Å². The van der Waals surface area contributed by atoms with Crippen LogP contribution in [0.1, 0.15) is 67.2 Å². The first-order chi connectivity index (χ1) is 14.2. The zero-order valence-electron chi connectivity index (χ0n) is 19.0. The first kappa shape index (κ1) is 27.6. The van der Waals surface area contributed by atoms with Gasteiger partial charge in [0.15, 0.2) is 12.2 Å². The molecule has 0 unspecified atom stereocenters. The van der Waals surface area contributed by atoms with Crippen LogP contribution in [-0.4, -0.2) is 49.3 Å². The normalized spacial score (nSPS) is 13.2. The Labute approximate surface area is 179 Å². The van der Waals surface area contributed by atoms with Crippen LogP contribution in [0.4, 0.5) is 0 Å². The standard InChI is InChI=1S/C22H36O8/c1-7-17(8-2)13-27-21(25)15(5)29-19(23)11-12-20(24)30-16(6)22(26)28-14-18(9-3)10-4/h11-12,15-18H,7-10,13-14H2,1-6H3/b12-11+/t15-,16-/m0/s1. The van der Waals surface area contributed by atoms with Crippen LogP contribution in [0.3, 0.4) is 0 Å². The summed E-state index contributed by atoms with van der Waals surface area (Å²) in [5, 5.41) is 0. The van der Waals surface area contributed by atoms with Crippen molar-refractivity contribution in [3.63, 3.8) is 0 Å². The lowest BCUT2D eigenvalue weighted by atomic mass is 10.1. The quantitative estimate of drug-likeness (QED) is 0.236. The molecule has 2 atom stereocenters. The molecule has 0 aliphatic rings. The summed E-state index contributed by atoms with van der Waals surface area (Å²) in [5.74, 6) is -2.59. The highest BCUT2D eigenvalue weighted by Gasteiger charge is 2.21. The number of hydrogen-bond donors (Lipinski definition) is 0. The first-order valence-electron chi connectivity index (χ1n) is 10.6. The van der Waals surface area contributed by atoms with E-state index in [0.29, 0.717) is 0 Å². The molecule has 30 heavy (non-hydrogen) atoms. The molecule has 0 aromatic rings. The third-order valence-corrected chi connectivity index (χ3v) is 4.84. The number of carbonyl (C=O) groups excluding carboxylic acids is 4. The highest BCUT2D eigenvalue weighted by molar-refractivity contribution is 5.93. The third kappa shape index (κ3) is 11.6. The Hall–Kier alpha value is -2.38. The van der Waals surface area contributed by atoms with E-state index in [0.717, 1.165) is 37.8 Å². The fourth-order valence-electron chi connectivity index (χ4n) is 2.34. The Morgan fingerprint density at radius 2 is 0.933 bits per heavy atom. The van der Waals surface area contributed by atoms with E-state index in [4.69, 9.17) is 18.9 Å². The van der Waals surface area contributed by atoms with E-state index < -0.39 is 36.1 Å². The second-order valence-corrected chi connectivity index (χ2v) is 7.12. The monoisotopic (exact) mass is 428 g/mol. The summed E-state index contributed by atoms with van der Waals surface area (Å²) in [7, 11) is 0. The third-order valence-electron chi connectivity index (χ3n) is 4.84. The Morgan fingerprint density at radius 3 is 1.20 bits per heavy atom. The van der Waals surface area contributed by atoms with Gasteiger partial charge in [-0.15, -0.1) is 0 Å². The fourth-order valence-corrected chi connectivity index (χ4v) is 2.34. The molecule has 0 spiro atoms. The summed E-state index contributed by atoms with van der Waals surface area (Å²) in [6.45, 7) is 11.3. The van der Waals surface area contributed by atoms with Crippen LogP contribution in [-0.2, 0) is 38.1 Å². The van der Waals surface area contributed by atoms with Crippen LogP contribution in [0.5, 0.6) is 0 Å². The van der Waals surface area contributed by atoms with Gasteiger partial charge in [-0.1, -0.05) is 53.4 Å². The summed E-state index contributed by atoms with van der Waals surface area (Å²) in [4.78, 5) is 47.2. The van der Waals surface area contributed by atoms with Gasteiger partial charge in [0.05, 0.1) is 13.2 Å². The van der Waals surface area contributed by atoms with E-state index in [2.05, 4.69) is 0 Å². The number of ether oxygens (including phenoxy) is 4. The van der Waals surface area contributed by atoms with Crippen LogP contribution < -0.4 is 0 Å². The smallest absolute Gasteiger partial charge is 0.347 e. The Bertz CT molecular complexity index is 526. The molecule has 0 aromatic carbocycles. The maximum absolute atomic E-state index is 11.9. The predicted molar refractivity (Wildman–Crippen MR) is 110 cm³/mol. The Balaban J connectivity index is 4.37. The molecule has 0 aliphatic carbocycles. The van der Waals surface area contributed by atoms with Crippen molar-refractivity contribution in [1.29, 1.82) is 0 Å². The molecule has 0 aliphatic heterocycles. The Kier molecular flexibility index (Phi) is 14.2. The number of rotatable bonds is 14. The largest absolute Gasteiger partial charge is 0.463 e. The molecule has 0 saturated carbocycles. The molecule has 8 nitrogen and oxygen atoms in total. The SMILES string of the molecule is CCC(CC)COC(=O)[C@H](C)OC(=O)/C=C/C(=O)O[C@@H](C)C(=O)OCC(CC)CC. The Morgan fingerprint density at radius 1 is 0.633 bits per heavy atom. The van der Waals surface area contributed by atoms with Gasteiger partial charge in [0, 0.05) is 12.2 Å². The molecule has 0 N–H and O–H groups in total. The van der Waals surface area contributed by atoms with Gasteiger partial charge >= 0.3 is 23.9 Å². The molecular weight excluding hydrogens is 392 g/mol. The minimum Gasteiger partial charge on any atom is -0.463 e. The first-order valence-corrected chi connectivity index (χ1v) is 10.6. The number of esters is 4. The molecule has 0 saturated heterocycles. The second-order valence-electron chi connectivity index (χ2n) is 7.12. The van der Waals surface area contributed by atoms with Crippen molar-refractivity contribution < 1.29 is 38.1 Å². The van der Waals surface area contributed by atoms with E-state index >= 15 is 0 Å². The molecule has 0 rings (SSSR count). The van der Waals surface area contributed by atoms with Crippen molar-refractivity contribution in [1.82, 2.24) is 0 Å². The molecule has 0 bridgehead atoms. The van der Waals surface area contributed by atoms with E-state index in [1.165, 1.54) is 13.8 Å². The number of carbonyl (C=O) groups is 4. The molecule has 0 radical (unpaired) electrons. The van der Waals surface area contributed by atoms with E-state index in [9.17, 15) is 19.2 Å². The topological polar surface area (TPSA) is 105 Å². The van der Waals surface area contributed by atoms with Gasteiger partial charge in [0.2, 0.25) is 0 Å². The van der Waals surface area contributed by atoms with Crippen molar-refractivity contribution in [2.75, 3.05) is 13.2 Å². The molecule has 0 heterocycles. The van der Waals surface area contributed by atoms with Crippen LogP contribution in [0.2, 0.25) is 0 Å². The van der Waals surface area contributed by atoms with Gasteiger partial charge in [-0.2, -0.15) is 0 Å². The minimum absolute atomic E-state index is 0.259. The lowest BCUT2D eigenvalue weighted by molar-refractivity contribution is -0.165. The second kappa shape index (κ2) is 15.5. The number of hydrogen-bond acceptors (Lipinski definition) is 8. The average molecular weight is 429 g/mol. The van der Waals surface area contributed by atoms with Crippen molar-refractivity contribution in [3.05, 3.63) is 12.2 Å². The highest BCUT2D eigenvalue weighted by atomic mass is 16.6. The summed E-state index contributed by atoms with van der Waals surface area (Å²) >= 11 is 0. The molecule has 172 valence electrons. The summed E-state index contributed by atoms with van der Waals surface area (Å²) in [5.41, 5.74) is 0. The molecule has 0 amide bonds.